The molecule has 1 rings (SSSR count). The van der Waals surface area contributed by atoms with Crippen LogP contribution in [-0.2, 0) is 0 Å². The van der Waals surface area contributed by atoms with Crippen molar-refractivity contribution in [2.24, 2.45) is 0 Å². The third kappa shape index (κ3) is 2.91. The van der Waals surface area contributed by atoms with Crippen LogP contribution in [0.5, 0.6) is 0 Å². The van der Waals surface area contributed by atoms with Crippen LogP contribution in [0.15, 0.2) is 18.3 Å². The zero-order valence-corrected chi connectivity index (χ0v) is 8.12. The summed E-state index contributed by atoms with van der Waals surface area (Å²) in [6.45, 7) is 1.88. The Morgan fingerprint density at radius 1 is 1.54 bits per heavy atom. The van der Waals surface area contributed by atoms with Crippen molar-refractivity contribution in [3.05, 3.63) is 18.3 Å². The molecule has 4 heteroatoms. The number of anilines is 2. The van der Waals surface area contributed by atoms with E-state index >= 15 is 0 Å². The zero-order chi connectivity index (χ0) is 9.68. The predicted molar refractivity (Wildman–Crippen MR) is 55.8 cm³/mol. The highest BCUT2D eigenvalue weighted by molar-refractivity contribution is 5.45. The van der Waals surface area contributed by atoms with E-state index in [9.17, 15) is 0 Å². The average molecular weight is 180 g/mol. The van der Waals surface area contributed by atoms with E-state index in [1.165, 1.54) is 0 Å². The summed E-state index contributed by atoms with van der Waals surface area (Å²) in [6.07, 6.45) is 1.67. The molecule has 13 heavy (non-hydrogen) atoms. The van der Waals surface area contributed by atoms with E-state index in [-0.39, 0.29) is 0 Å². The first-order valence-electron chi connectivity index (χ1n) is 4.31. The molecule has 3 N–H and O–H groups in total. The van der Waals surface area contributed by atoms with Crippen LogP contribution >= 0.6 is 0 Å². The Balaban J connectivity index is 2.55. The van der Waals surface area contributed by atoms with Gasteiger partial charge in [0.05, 0.1) is 11.9 Å². The molecule has 0 fully saturated rings. The molecule has 0 aliphatic heterocycles. The second-order valence-electron chi connectivity index (χ2n) is 2.97. The van der Waals surface area contributed by atoms with Crippen LogP contribution in [0.4, 0.5) is 11.5 Å². The minimum absolute atomic E-state index is 0.700. The number of nitrogen functional groups attached to an aromatic ring is 1. The van der Waals surface area contributed by atoms with E-state index in [0.29, 0.717) is 5.69 Å². The Hall–Kier alpha value is -1.29. The Morgan fingerprint density at radius 3 is 2.85 bits per heavy atom. The summed E-state index contributed by atoms with van der Waals surface area (Å²) in [4.78, 5) is 6.28. The maximum atomic E-state index is 5.53. The number of rotatable bonds is 4. The predicted octanol–water partition coefficient (Wildman–Crippen LogP) is 0.319. The number of pyridine rings is 1. The molecule has 0 saturated heterocycles. The van der Waals surface area contributed by atoms with Crippen LogP contribution in [0, 0.1) is 0 Å². The topological polar surface area (TPSA) is 54.2 Å². The van der Waals surface area contributed by atoms with E-state index in [1.807, 2.05) is 26.2 Å². The van der Waals surface area contributed by atoms with Gasteiger partial charge in [-0.2, -0.15) is 0 Å². The lowest BCUT2D eigenvalue weighted by Crippen LogP contribution is -2.27. The van der Waals surface area contributed by atoms with Crippen molar-refractivity contribution in [1.29, 1.82) is 0 Å². The normalized spacial score (nSPS) is 10.0. The average Bonchev–Trinajstić information content (AvgIpc) is 2.15. The molecule has 72 valence electrons. The summed E-state index contributed by atoms with van der Waals surface area (Å²) in [6, 6.07) is 3.78. The minimum Gasteiger partial charge on any atom is -0.397 e. The summed E-state index contributed by atoms with van der Waals surface area (Å²) in [5.74, 6) is 0.949. The fourth-order valence-corrected chi connectivity index (χ4v) is 1.02. The summed E-state index contributed by atoms with van der Waals surface area (Å²) >= 11 is 0. The number of likely N-dealkylation sites (N-methyl/N-ethyl adjacent to an activating group) is 2. The summed E-state index contributed by atoms with van der Waals surface area (Å²) in [5.41, 5.74) is 6.23. The molecule has 0 aliphatic rings. The smallest absolute Gasteiger partial charge is 0.128 e. The molecule has 0 atom stereocenters. The van der Waals surface area contributed by atoms with Crippen molar-refractivity contribution in [2.75, 3.05) is 37.8 Å². The number of hydrogen-bond donors (Lipinski definition) is 2. The Labute approximate surface area is 78.8 Å². The number of nitrogens with two attached hydrogens (primary N) is 1. The number of nitrogens with zero attached hydrogens (tertiary/aromatic N) is 2. The SMILES string of the molecule is CNCCN(C)c1ccc(N)cn1. The second-order valence-corrected chi connectivity index (χ2v) is 2.97. The van der Waals surface area contributed by atoms with Gasteiger partial charge in [0.1, 0.15) is 5.82 Å². The van der Waals surface area contributed by atoms with E-state index in [2.05, 4.69) is 15.2 Å². The van der Waals surface area contributed by atoms with Gasteiger partial charge in [-0.1, -0.05) is 0 Å². The minimum atomic E-state index is 0.700. The third-order valence-corrected chi connectivity index (χ3v) is 1.86. The van der Waals surface area contributed by atoms with Crippen LogP contribution in [0.25, 0.3) is 0 Å². The first-order chi connectivity index (χ1) is 6.24. The summed E-state index contributed by atoms with van der Waals surface area (Å²) in [5, 5.41) is 3.09. The molecule has 1 aromatic rings. The van der Waals surface area contributed by atoms with Gasteiger partial charge in [0.25, 0.3) is 0 Å². The molecule has 1 heterocycles. The highest BCUT2D eigenvalue weighted by Gasteiger charge is 1.99. The van der Waals surface area contributed by atoms with Crippen molar-refractivity contribution < 1.29 is 0 Å². The van der Waals surface area contributed by atoms with Gasteiger partial charge in [0.2, 0.25) is 0 Å². The first-order valence-corrected chi connectivity index (χ1v) is 4.31. The molecule has 0 radical (unpaired) electrons. The van der Waals surface area contributed by atoms with Crippen molar-refractivity contribution in [3.8, 4) is 0 Å². The molecule has 1 aromatic heterocycles. The van der Waals surface area contributed by atoms with Crippen molar-refractivity contribution >= 4 is 11.5 Å². The van der Waals surface area contributed by atoms with Crippen LogP contribution in [0.3, 0.4) is 0 Å². The van der Waals surface area contributed by atoms with E-state index < -0.39 is 0 Å². The third-order valence-electron chi connectivity index (χ3n) is 1.86. The molecule has 0 amide bonds. The largest absolute Gasteiger partial charge is 0.397 e. The van der Waals surface area contributed by atoms with E-state index in [0.717, 1.165) is 18.9 Å². The highest BCUT2D eigenvalue weighted by atomic mass is 15.2. The van der Waals surface area contributed by atoms with Gasteiger partial charge in [-0.15, -0.1) is 0 Å². The Kier molecular flexibility index (Phi) is 3.52. The van der Waals surface area contributed by atoms with Crippen LogP contribution in [0.1, 0.15) is 0 Å². The van der Waals surface area contributed by atoms with Gasteiger partial charge < -0.3 is 16.0 Å². The monoisotopic (exact) mass is 180 g/mol. The molecule has 0 spiro atoms. The lowest BCUT2D eigenvalue weighted by molar-refractivity contribution is 0.761. The zero-order valence-electron chi connectivity index (χ0n) is 8.12. The molecule has 0 saturated carbocycles. The van der Waals surface area contributed by atoms with Gasteiger partial charge in [-0.3, -0.25) is 0 Å². The molecule has 0 bridgehead atoms. The highest BCUT2D eigenvalue weighted by Crippen LogP contribution is 2.09. The maximum Gasteiger partial charge on any atom is 0.128 e. The molecule has 0 aromatic carbocycles. The fraction of sp³-hybridized carbons (Fsp3) is 0.444. The lowest BCUT2D eigenvalue weighted by Gasteiger charge is -2.17. The molecule has 0 unspecified atom stereocenters. The van der Waals surface area contributed by atoms with Crippen LogP contribution in [0.2, 0.25) is 0 Å². The van der Waals surface area contributed by atoms with Gasteiger partial charge in [-0.05, 0) is 19.2 Å². The van der Waals surface area contributed by atoms with Gasteiger partial charge in [-0.25, -0.2) is 4.98 Å². The number of nitrogens with one attached hydrogen (secondary N) is 1. The lowest BCUT2D eigenvalue weighted by atomic mass is 10.4. The van der Waals surface area contributed by atoms with Crippen molar-refractivity contribution in [2.45, 2.75) is 0 Å². The maximum absolute atomic E-state index is 5.53. The van der Waals surface area contributed by atoms with Crippen molar-refractivity contribution in [3.63, 3.8) is 0 Å². The summed E-state index contributed by atoms with van der Waals surface area (Å²) in [7, 11) is 3.94. The van der Waals surface area contributed by atoms with Gasteiger partial charge >= 0.3 is 0 Å². The summed E-state index contributed by atoms with van der Waals surface area (Å²) < 4.78 is 0. The number of aromatic nitrogens is 1. The Bertz CT molecular complexity index is 244. The fourth-order valence-electron chi connectivity index (χ4n) is 1.02. The standard InChI is InChI=1S/C9H16N4/c1-11-5-6-13(2)9-4-3-8(10)7-12-9/h3-4,7,11H,5-6,10H2,1-2H3. The quantitative estimate of drug-likeness (QED) is 0.700. The van der Waals surface area contributed by atoms with E-state index in [4.69, 9.17) is 5.73 Å². The first kappa shape index (κ1) is 9.80. The molecular weight excluding hydrogens is 164 g/mol. The van der Waals surface area contributed by atoms with Crippen molar-refractivity contribution in [1.82, 2.24) is 10.3 Å². The van der Waals surface area contributed by atoms with Crippen LogP contribution in [-0.4, -0.2) is 32.2 Å². The van der Waals surface area contributed by atoms with Gasteiger partial charge in [0, 0.05) is 20.1 Å². The number of hydrogen-bond acceptors (Lipinski definition) is 4. The van der Waals surface area contributed by atoms with Crippen LogP contribution < -0.4 is 16.0 Å². The second kappa shape index (κ2) is 4.67. The molecule has 4 nitrogen and oxygen atoms in total. The molecule has 0 aliphatic carbocycles. The van der Waals surface area contributed by atoms with E-state index in [1.54, 1.807) is 6.20 Å². The Morgan fingerprint density at radius 2 is 2.31 bits per heavy atom. The molecular formula is C9H16N4. The van der Waals surface area contributed by atoms with Gasteiger partial charge in [0.15, 0.2) is 0 Å².